The minimum Gasteiger partial charge on any atom is -0.332 e. The fourth-order valence-electron chi connectivity index (χ4n) is 5.28. The molecule has 2 amide bonds. The lowest BCUT2D eigenvalue weighted by Crippen LogP contribution is -2.47. The number of rotatable bonds is 6. The van der Waals surface area contributed by atoms with Crippen LogP contribution in [0.5, 0.6) is 0 Å². The fraction of sp³-hybridized carbons (Fsp3) is 0.462. The molecule has 0 spiro atoms. The summed E-state index contributed by atoms with van der Waals surface area (Å²) in [7, 11) is 0. The summed E-state index contributed by atoms with van der Waals surface area (Å²) in [6.45, 7) is -1.56. The van der Waals surface area contributed by atoms with Crippen LogP contribution in [-0.4, -0.2) is 46.9 Å². The van der Waals surface area contributed by atoms with Crippen LogP contribution in [0.1, 0.15) is 52.7 Å². The van der Waals surface area contributed by atoms with Crippen molar-refractivity contribution in [1.82, 2.24) is 15.1 Å². The maximum Gasteiger partial charge on any atom is 0.417 e. The number of nitrogens with two attached hydrogens (primary N) is 1. The van der Waals surface area contributed by atoms with Crippen molar-refractivity contribution in [3.8, 4) is 0 Å². The molecular formula is C26H26F6N4O2. The Bertz CT molecular complexity index is 1250. The van der Waals surface area contributed by atoms with Gasteiger partial charge in [0.05, 0.1) is 17.7 Å². The molecule has 2 saturated heterocycles. The van der Waals surface area contributed by atoms with Gasteiger partial charge in [0.15, 0.2) is 0 Å². The summed E-state index contributed by atoms with van der Waals surface area (Å²) >= 11 is 0. The molecule has 12 heteroatoms. The molecule has 3 aliphatic rings. The second kappa shape index (κ2) is 9.26. The topological polar surface area (TPSA) is 78.7 Å². The standard InChI is InChI=1S/C26H26F6N4O2/c27-18-6-4-17(5-7-18)25(12-15-1-2-15)22(38)36(23(33)34-25)13-16-3-8-20(26(30,31)32)19(11-16)21(37)35-10-9-24(28,29)14-35/h3-8,11,15,23,34H,1-2,9-10,12-14,33H2. The third-order valence-corrected chi connectivity index (χ3v) is 7.41. The molecule has 2 aromatic rings. The third kappa shape index (κ3) is 4.98. The molecule has 5 rings (SSSR count). The minimum absolute atomic E-state index is 0.180. The molecule has 2 unspecified atom stereocenters. The van der Waals surface area contributed by atoms with E-state index in [2.05, 4.69) is 5.32 Å². The van der Waals surface area contributed by atoms with Crippen LogP contribution in [0.15, 0.2) is 42.5 Å². The van der Waals surface area contributed by atoms with Crippen LogP contribution in [0, 0.1) is 11.7 Å². The molecule has 38 heavy (non-hydrogen) atoms. The van der Waals surface area contributed by atoms with E-state index in [4.69, 9.17) is 5.73 Å². The third-order valence-electron chi connectivity index (χ3n) is 7.41. The molecular weight excluding hydrogens is 514 g/mol. The molecule has 0 bridgehead atoms. The lowest BCUT2D eigenvalue weighted by Gasteiger charge is -2.28. The number of likely N-dealkylation sites (tertiary alicyclic amines) is 1. The van der Waals surface area contributed by atoms with Gasteiger partial charge in [0.1, 0.15) is 17.6 Å². The number of carbonyl (C=O) groups is 2. The zero-order valence-electron chi connectivity index (χ0n) is 20.2. The summed E-state index contributed by atoms with van der Waals surface area (Å²) in [6, 6.07) is 8.32. The average Bonchev–Trinajstić information content (AvgIpc) is 3.54. The molecule has 1 aliphatic carbocycles. The van der Waals surface area contributed by atoms with E-state index in [0.29, 0.717) is 23.0 Å². The predicted octanol–water partition coefficient (Wildman–Crippen LogP) is 4.20. The Labute approximate surface area is 214 Å². The number of alkyl halides is 5. The normalized spacial score (nSPS) is 25.3. The van der Waals surface area contributed by atoms with Gasteiger partial charge < -0.3 is 9.80 Å². The van der Waals surface area contributed by atoms with Crippen molar-refractivity contribution >= 4 is 11.8 Å². The van der Waals surface area contributed by atoms with E-state index in [1.807, 2.05) is 0 Å². The number of benzene rings is 2. The summed E-state index contributed by atoms with van der Waals surface area (Å²) in [5.41, 5.74) is 3.72. The molecule has 204 valence electrons. The molecule has 3 N–H and O–H groups in total. The summed E-state index contributed by atoms with van der Waals surface area (Å²) in [5, 5.41) is 3.11. The Morgan fingerprint density at radius 3 is 2.37 bits per heavy atom. The van der Waals surface area contributed by atoms with Crippen molar-refractivity contribution in [3.05, 3.63) is 70.5 Å². The van der Waals surface area contributed by atoms with Crippen LogP contribution in [-0.2, 0) is 23.1 Å². The smallest absolute Gasteiger partial charge is 0.332 e. The van der Waals surface area contributed by atoms with Gasteiger partial charge in [0, 0.05) is 19.5 Å². The average molecular weight is 541 g/mol. The summed E-state index contributed by atoms with van der Waals surface area (Å²) in [6.07, 6.45) is -4.27. The van der Waals surface area contributed by atoms with E-state index >= 15 is 0 Å². The van der Waals surface area contributed by atoms with Gasteiger partial charge in [-0.2, -0.15) is 13.2 Å². The molecule has 1 saturated carbocycles. The lowest BCUT2D eigenvalue weighted by atomic mass is 9.84. The van der Waals surface area contributed by atoms with Crippen molar-refractivity contribution in [2.24, 2.45) is 11.7 Å². The van der Waals surface area contributed by atoms with Gasteiger partial charge in [0.2, 0.25) is 5.91 Å². The van der Waals surface area contributed by atoms with Gasteiger partial charge >= 0.3 is 6.18 Å². The van der Waals surface area contributed by atoms with E-state index in [-0.39, 0.29) is 24.6 Å². The Hall–Kier alpha value is -3.12. The van der Waals surface area contributed by atoms with E-state index in [1.165, 1.54) is 29.2 Å². The Balaban J connectivity index is 1.45. The SMILES string of the molecule is NC1NC(CC2CC2)(c2ccc(F)cc2)C(=O)N1Cc1ccc(C(F)(F)F)c(C(=O)N2CCC(F)(F)C2)c1. The van der Waals surface area contributed by atoms with Crippen molar-refractivity contribution < 1.29 is 35.9 Å². The zero-order chi connectivity index (χ0) is 27.5. The number of carbonyl (C=O) groups excluding carboxylic acids is 2. The van der Waals surface area contributed by atoms with Crippen LogP contribution in [0.3, 0.4) is 0 Å². The first-order chi connectivity index (χ1) is 17.8. The second-order valence-electron chi connectivity index (χ2n) is 10.3. The van der Waals surface area contributed by atoms with Crippen LogP contribution in [0.4, 0.5) is 26.3 Å². The highest BCUT2D eigenvalue weighted by molar-refractivity contribution is 5.96. The first-order valence-electron chi connectivity index (χ1n) is 12.3. The minimum atomic E-state index is -4.89. The zero-order valence-corrected chi connectivity index (χ0v) is 20.2. The van der Waals surface area contributed by atoms with Crippen molar-refractivity contribution in [2.45, 2.75) is 56.2 Å². The number of halogens is 6. The highest BCUT2D eigenvalue weighted by atomic mass is 19.4. The number of nitrogens with zero attached hydrogens (tertiary/aromatic N) is 2. The highest BCUT2D eigenvalue weighted by Crippen LogP contribution is 2.44. The van der Waals surface area contributed by atoms with E-state index in [9.17, 15) is 35.9 Å². The summed E-state index contributed by atoms with van der Waals surface area (Å²) in [5.74, 6) is -4.95. The summed E-state index contributed by atoms with van der Waals surface area (Å²) < 4.78 is 82.1. The van der Waals surface area contributed by atoms with E-state index < -0.39 is 65.7 Å². The summed E-state index contributed by atoms with van der Waals surface area (Å²) in [4.78, 5) is 28.6. The van der Waals surface area contributed by atoms with Gasteiger partial charge in [-0.3, -0.25) is 20.6 Å². The van der Waals surface area contributed by atoms with Crippen molar-refractivity contribution in [1.29, 1.82) is 0 Å². The predicted molar refractivity (Wildman–Crippen MR) is 124 cm³/mol. The highest BCUT2D eigenvalue weighted by Gasteiger charge is 2.53. The monoisotopic (exact) mass is 540 g/mol. The van der Waals surface area contributed by atoms with Gasteiger partial charge in [-0.25, -0.2) is 13.2 Å². The molecule has 2 aliphatic heterocycles. The van der Waals surface area contributed by atoms with Gasteiger partial charge in [-0.1, -0.05) is 31.0 Å². The van der Waals surface area contributed by atoms with Crippen LogP contribution in [0.25, 0.3) is 0 Å². The number of hydrogen-bond acceptors (Lipinski definition) is 4. The van der Waals surface area contributed by atoms with E-state index in [0.717, 1.165) is 25.0 Å². The Morgan fingerprint density at radius 2 is 1.79 bits per heavy atom. The quantitative estimate of drug-likeness (QED) is 0.539. The Kier molecular flexibility index (Phi) is 6.46. The van der Waals surface area contributed by atoms with Crippen LogP contribution in [0.2, 0.25) is 0 Å². The van der Waals surface area contributed by atoms with Crippen molar-refractivity contribution in [2.75, 3.05) is 13.1 Å². The largest absolute Gasteiger partial charge is 0.417 e. The molecule has 6 nitrogen and oxygen atoms in total. The molecule has 0 radical (unpaired) electrons. The first kappa shape index (κ1) is 26.5. The van der Waals surface area contributed by atoms with Gasteiger partial charge in [0.25, 0.3) is 11.8 Å². The van der Waals surface area contributed by atoms with Gasteiger partial charge in [-0.15, -0.1) is 0 Å². The lowest BCUT2D eigenvalue weighted by molar-refractivity contribution is -0.138. The fourth-order valence-corrected chi connectivity index (χ4v) is 5.28. The van der Waals surface area contributed by atoms with Gasteiger partial charge in [-0.05, 0) is 47.7 Å². The number of amides is 2. The van der Waals surface area contributed by atoms with Crippen LogP contribution < -0.4 is 11.1 Å². The molecule has 2 atom stereocenters. The number of nitrogens with one attached hydrogen (secondary N) is 1. The maximum atomic E-state index is 13.8. The van der Waals surface area contributed by atoms with Crippen molar-refractivity contribution in [3.63, 3.8) is 0 Å². The molecule has 0 aromatic heterocycles. The number of hydrogen-bond donors (Lipinski definition) is 2. The van der Waals surface area contributed by atoms with E-state index in [1.54, 1.807) is 0 Å². The second-order valence-corrected chi connectivity index (χ2v) is 10.3. The van der Waals surface area contributed by atoms with Crippen LogP contribution >= 0.6 is 0 Å². The Morgan fingerprint density at radius 1 is 1.11 bits per heavy atom. The molecule has 2 aromatic carbocycles. The maximum absolute atomic E-state index is 13.8. The molecule has 3 fully saturated rings. The first-order valence-corrected chi connectivity index (χ1v) is 12.3. The molecule has 2 heterocycles.